The average Bonchev–Trinajstić information content (AvgIpc) is 3.49. The van der Waals surface area contributed by atoms with E-state index in [0.29, 0.717) is 11.0 Å². The van der Waals surface area contributed by atoms with E-state index in [4.69, 9.17) is 11.6 Å². The van der Waals surface area contributed by atoms with Crippen molar-refractivity contribution in [2.24, 2.45) is 10.9 Å². The van der Waals surface area contributed by atoms with Gasteiger partial charge in [0.05, 0.1) is 5.69 Å². The molecule has 2 aromatic heterocycles. The Kier molecular flexibility index (Phi) is 5.26. The molecular weight excluding hydrogens is 370 g/mol. The van der Waals surface area contributed by atoms with Crippen LogP contribution in [-0.4, -0.2) is 27.8 Å². The van der Waals surface area contributed by atoms with E-state index in [1.165, 1.54) is 12.8 Å². The van der Waals surface area contributed by atoms with Crippen LogP contribution in [0.5, 0.6) is 0 Å². The van der Waals surface area contributed by atoms with Gasteiger partial charge in [-0.3, -0.25) is 4.99 Å². The summed E-state index contributed by atoms with van der Waals surface area (Å²) >= 11 is 6.08. The summed E-state index contributed by atoms with van der Waals surface area (Å²) in [5, 5.41) is 4.02. The van der Waals surface area contributed by atoms with Gasteiger partial charge in [-0.2, -0.15) is 0 Å². The van der Waals surface area contributed by atoms with Crippen LogP contribution in [0.2, 0.25) is 5.02 Å². The Morgan fingerprint density at radius 3 is 2.61 bits per heavy atom. The molecule has 0 bridgehead atoms. The van der Waals surface area contributed by atoms with Gasteiger partial charge < -0.3 is 9.88 Å². The Hall–Kier alpha value is -2.92. The lowest BCUT2D eigenvalue weighted by Gasteiger charge is -2.12. The van der Waals surface area contributed by atoms with Crippen LogP contribution in [0, 0.1) is 12.8 Å². The number of aliphatic imine (C=N–C) groups is 1. The summed E-state index contributed by atoms with van der Waals surface area (Å²) in [6.07, 6.45) is 9.97. The van der Waals surface area contributed by atoms with Crippen LogP contribution in [0.15, 0.2) is 53.9 Å². The van der Waals surface area contributed by atoms with Crippen molar-refractivity contribution in [1.82, 2.24) is 14.5 Å². The minimum Gasteiger partial charge on any atom is -0.354 e. The fraction of sp³-hybridized carbons (Fsp3) is 0.227. The predicted octanol–water partition coefficient (Wildman–Crippen LogP) is 5.39. The molecule has 0 amide bonds. The van der Waals surface area contributed by atoms with Crippen LogP contribution < -0.4 is 5.32 Å². The van der Waals surface area contributed by atoms with E-state index in [0.717, 1.165) is 40.7 Å². The van der Waals surface area contributed by atoms with Gasteiger partial charge in [0.1, 0.15) is 0 Å². The van der Waals surface area contributed by atoms with Crippen LogP contribution >= 0.6 is 11.6 Å². The number of nitrogens with one attached hydrogen (secondary N) is 1. The maximum absolute atomic E-state index is 6.08. The van der Waals surface area contributed by atoms with E-state index in [2.05, 4.69) is 44.6 Å². The highest BCUT2D eigenvalue weighted by atomic mass is 35.5. The molecule has 1 aliphatic carbocycles. The van der Waals surface area contributed by atoms with Gasteiger partial charge in [-0.1, -0.05) is 11.6 Å². The zero-order valence-electron chi connectivity index (χ0n) is 15.8. The van der Waals surface area contributed by atoms with Gasteiger partial charge in [0.25, 0.3) is 0 Å². The SMILES string of the molecule is C=N/C=C\c1cc(-c2cnc(NCC3CC3)nc2)n(-c2ccc(Cl)cc2)c1C. The van der Waals surface area contributed by atoms with Crippen molar-refractivity contribution >= 4 is 30.3 Å². The maximum Gasteiger partial charge on any atom is 0.222 e. The summed E-state index contributed by atoms with van der Waals surface area (Å²) in [6.45, 7) is 6.54. The Labute approximate surface area is 169 Å². The van der Waals surface area contributed by atoms with Gasteiger partial charge in [0, 0.05) is 47.1 Å². The summed E-state index contributed by atoms with van der Waals surface area (Å²) in [6, 6.07) is 9.90. The molecule has 1 N–H and O–H groups in total. The number of rotatable bonds is 7. The molecule has 1 saturated carbocycles. The van der Waals surface area contributed by atoms with Crippen molar-refractivity contribution in [2.75, 3.05) is 11.9 Å². The van der Waals surface area contributed by atoms with E-state index < -0.39 is 0 Å². The highest BCUT2D eigenvalue weighted by Crippen LogP contribution is 2.31. The van der Waals surface area contributed by atoms with Crippen LogP contribution in [-0.2, 0) is 0 Å². The summed E-state index contributed by atoms with van der Waals surface area (Å²) in [4.78, 5) is 12.8. The Bertz CT molecular complexity index is 999. The van der Waals surface area contributed by atoms with E-state index in [9.17, 15) is 0 Å². The summed E-state index contributed by atoms with van der Waals surface area (Å²) < 4.78 is 2.18. The fourth-order valence-electron chi connectivity index (χ4n) is 3.17. The molecule has 0 saturated heterocycles. The van der Waals surface area contributed by atoms with E-state index in [1.807, 2.05) is 42.7 Å². The molecule has 142 valence electrons. The molecule has 0 atom stereocenters. The average molecular weight is 392 g/mol. The lowest BCUT2D eigenvalue weighted by molar-refractivity contribution is 0.873. The normalized spacial score (nSPS) is 13.8. The smallest absolute Gasteiger partial charge is 0.222 e. The van der Waals surface area contributed by atoms with Crippen molar-refractivity contribution in [3.8, 4) is 16.9 Å². The first-order valence-corrected chi connectivity index (χ1v) is 9.70. The van der Waals surface area contributed by atoms with Crippen LogP contribution in [0.4, 0.5) is 5.95 Å². The van der Waals surface area contributed by atoms with Crippen molar-refractivity contribution in [3.05, 3.63) is 65.2 Å². The first-order valence-electron chi connectivity index (χ1n) is 9.32. The number of halogens is 1. The second kappa shape index (κ2) is 7.98. The minimum absolute atomic E-state index is 0.674. The maximum atomic E-state index is 6.08. The third-order valence-electron chi connectivity index (χ3n) is 4.92. The van der Waals surface area contributed by atoms with Crippen molar-refractivity contribution in [1.29, 1.82) is 0 Å². The van der Waals surface area contributed by atoms with E-state index in [-0.39, 0.29) is 0 Å². The minimum atomic E-state index is 0.674. The van der Waals surface area contributed by atoms with Crippen LogP contribution in [0.1, 0.15) is 24.1 Å². The van der Waals surface area contributed by atoms with Gasteiger partial charge in [-0.15, -0.1) is 0 Å². The number of hydrogen-bond acceptors (Lipinski definition) is 4. The van der Waals surface area contributed by atoms with E-state index >= 15 is 0 Å². The molecule has 1 aliphatic rings. The molecule has 3 aromatic rings. The van der Waals surface area contributed by atoms with Gasteiger partial charge in [0.15, 0.2) is 0 Å². The fourth-order valence-corrected chi connectivity index (χ4v) is 3.30. The molecule has 2 heterocycles. The topological polar surface area (TPSA) is 55.1 Å². The number of benzene rings is 1. The standard InChI is InChI=1S/C22H22ClN5/c1-15-17(9-10-24-2)11-21(28(15)20-7-5-19(23)6-8-20)18-13-26-22(27-14-18)25-12-16-3-4-16/h5-11,13-14,16H,2-4,12H2,1H3,(H,25,26,27)/b10-9-. The molecule has 28 heavy (non-hydrogen) atoms. The molecule has 1 aromatic carbocycles. The molecule has 4 rings (SSSR count). The van der Waals surface area contributed by atoms with Crippen molar-refractivity contribution in [2.45, 2.75) is 19.8 Å². The van der Waals surface area contributed by atoms with Crippen LogP contribution in [0.25, 0.3) is 23.0 Å². The first kappa shape index (κ1) is 18.4. The highest BCUT2D eigenvalue weighted by molar-refractivity contribution is 6.30. The Morgan fingerprint density at radius 1 is 1.25 bits per heavy atom. The number of nitrogens with zero attached hydrogens (tertiary/aromatic N) is 4. The molecule has 0 spiro atoms. The lowest BCUT2D eigenvalue weighted by Crippen LogP contribution is -2.07. The second-order valence-corrected chi connectivity index (χ2v) is 7.44. The largest absolute Gasteiger partial charge is 0.354 e. The lowest BCUT2D eigenvalue weighted by atomic mass is 10.2. The third-order valence-corrected chi connectivity index (χ3v) is 5.18. The van der Waals surface area contributed by atoms with Crippen molar-refractivity contribution in [3.63, 3.8) is 0 Å². The third kappa shape index (κ3) is 3.99. The quantitative estimate of drug-likeness (QED) is 0.549. The van der Waals surface area contributed by atoms with Gasteiger partial charge in [-0.05, 0) is 74.4 Å². The Balaban J connectivity index is 1.72. The van der Waals surface area contributed by atoms with Crippen LogP contribution in [0.3, 0.4) is 0 Å². The molecule has 1 fully saturated rings. The zero-order chi connectivity index (χ0) is 19.5. The predicted molar refractivity (Wildman–Crippen MR) is 116 cm³/mol. The highest BCUT2D eigenvalue weighted by Gasteiger charge is 2.21. The van der Waals surface area contributed by atoms with E-state index in [1.54, 1.807) is 6.20 Å². The van der Waals surface area contributed by atoms with Gasteiger partial charge in [0.2, 0.25) is 5.95 Å². The number of anilines is 1. The number of hydrogen-bond donors (Lipinski definition) is 1. The first-order chi connectivity index (χ1) is 13.7. The summed E-state index contributed by atoms with van der Waals surface area (Å²) in [7, 11) is 0. The number of aromatic nitrogens is 3. The molecule has 0 radical (unpaired) electrons. The van der Waals surface area contributed by atoms with Gasteiger partial charge in [-0.25, -0.2) is 9.97 Å². The molecule has 6 heteroatoms. The van der Waals surface area contributed by atoms with Crippen molar-refractivity contribution < 1.29 is 0 Å². The Morgan fingerprint density at radius 2 is 1.96 bits per heavy atom. The monoisotopic (exact) mass is 391 g/mol. The molecule has 0 unspecified atom stereocenters. The second-order valence-electron chi connectivity index (χ2n) is 7.00. The molecule has 5 nitrogen and oxygen atoms in total. The summed E-state index contributed by atoms with van der Waals surface area (Å²) in [5.41, 5.74) is 5.14. The molecule has 0 aliphatic heterocycles. The summed E-state index contributed by atoms with van der Waals surface area (Å²) in [5.74, 6) is 1.45. The zero-order valence-corrected chi connectivity index (χ0v) is 16.5. The van der Waals surface area contributed by atoms with Gasteiger partial charge >= 0.3 is 0 Å². The molecular formula is C22H22ClN5.